The lowest BCUT2D eigenvalue weighted by atomic mass is 10.1. The molecular formula is C90H84Cl4N32O8. The number of nitrogen functional groups attached to an aromatic ring is 4. The second-order valence-electron chi connectivity index (χ2n) is 31.1. The van der Waals surface area contributed by atoms with Crippen LogP contribution in [0.5, 0.6) is 0 Å². The second kappa shape index (κ2) is 38.8. The molecule has 0 bridgehead atoms. The Morgan fingerprint density at radius 3 is 0.903 bits per heavy atom. The number of fused-ring (bicyclic) bond motifs is 4. The van der Waals surface area contributed by atoms with Crippen molar-refractivity contribution in [1.82, 2.24) is 119 Å². The van der Waals surface area contributed by atoms with Crippen molar-refractivity contribution in [1.29, 1.82) is 0 Å². The fraction of sp³-hybridized carbons (Fsp3) is 0.244. The van der Waals surface area contributed by atoms with Crippen LogP contribution >= 0.6 is 46.4 Å². The minimum Gasteiger partial charge on any atom is -0.421 e. The van der Waals surface area contributed by atoms with Crippen LogP contribution in [0.15, 0.2) is 196 Å². The number of hydrogen-bond acceptors (Lipinski definition) is 36. The minimum atomic E-state index is -0.441. The second-order valence-corrected chi connectivity index (χ2v) is 32.7. The molecule has 2 fully saturated rings. The predicted molar refractivity (Wildman–Crippen MR) is 508 cm³/mol. The topological polar surface area (TPSA) is 551 Å². The molecule has 44 heteroatoms. The van der Waals surface area contributed by atoms with E-state index in [-0.39, 0.29) is 93.2 Å². The average Bonchev–Trinajstić information content (AvgIpc) is 1.40. The Bertz CT molecular complexity index is 7270. The minimum absolute atomic E-state index is 0.107. The van der Waals surface area contributed by atoms with Gasteiger partial charge in [0.15, 0.2) is 11.6 Å². The molecule has 0 amide bonds. The van der Waals surface area contributed by atoms with Gasteiger partial charge in [-0.3, -0.25) is 37.4 Å². The number of anilines is 8. The van der Waals surface area contributed by atoms with Gasteiger partial charge in [-0.1, -0.05) is 145 Å². The summed E-state index contributed by atoms with van der Waals surface area (Å²) in [5, 5.41) is 40.1. The first-order chi connectivity index (χ1) is 64.9. The van der Waals surface area contributed by atoms with E-state index >= 15 is 0 Å². The van der Waals surface area contributed by atoms with Crippen LogP contribution in [0.1, 0.15) is 162 Å². The summed E-state index contributed by atoms with van der Waals surface area (Å²) in [7, 11) is 0. The molecule has 12 heterocycles. The molecule has 2 aliphatic rings. The Morgan fingerprint density at radius 2 is 0.634 bits per heavy atom. The lowest BCUT2D eigenvalue weighted by Crippen LogP contribution is -2.29. The van der Waals surface area contributed by atoms with E-state index in [1.165, 1.54) is 25.3 Å². The largest absolute Gasteiger partial charge is 0.421 e. The van der Waals surface area contributed by atoms with Crippen molar-refractivity contribution in [2.75, 3.05) is 44.2 Å². The van der Waals surface area contributed by atoms with Gasteiger partial charge in [-0.05, 0) is 138 Å². The lowest BCUT2D eigenvalue weighted by molar-refractivity contribution is 0.425. The molecule has 0 aliphatic heterocycles. The number of nitrogens with one attached hydrogen (secondary N) is 4. The Balaban J connectivity index is 0.000000124. The summed E-state index contributed by atoms with van der Waals surface area (Å²) in [6, 6.07) is 38.3. The quantitative estimate of drug-likeness (QED) is 0.0278. The van der Waals surface area contributed by atoms with Gasteiger partial charge < -0.3 is 62.1 Å². The van der Waals surface area contributed by atoms with E-state index in [9.17, 15) is 19.2 Å². The number of para-hydroxylation sites is 2. The van der Waals surface area contributed by atoms with Crippen LogP contribution in [0.3, 0.4) is 0 Å². The number of hydrogen-bond donors (Lipinski definition) is 8. The predicted octanol–water partition coefficient (Wildman–Crippen LogP) is 16.0. The average molecular weight is 1880 g/mol. The summed E-state index contributed by atoms with van der Waals surface area (Å²) in [6.07, 6.45) is 11.5. The zero-order chi connectivity index (χ0) is 93.9. The molecule has 0 radical (unpaired) electrons. The highest BCUT2D eigenvalue weighted by Crippen LogP contribution is 2.43. The Morgan fingerprint density at radius 1 is 0.351 bits per heavy atom. The lowest BCUT2D eigenvalue weighted by Gasteiger charge is -2.23. The molecule has 20 rings (SSSR count). The van der Waals surface area contributed by atoms with Crippen molar-refractivity contribution >= 4 is 137 Å². The van der Waals surface area contributed by atoms with Crippen LogP contribution in [0.4, 0.5) is 46.5 Å². The highest BCUT2D eigenvalue weighted by atomic mass is 35.5. The molecule has 4 atom stereocenters. The Kier molecular flexibility index (Phi) is 26.1. The van der Waals surface area contributed by atoms with E-state index in [1.54, 1.807) is 119 Å². The number of benzene rings is 6. The number of rotatable bonds is 24. The van der Waals surface area contributed by atoms with Gasteiger partial charge in [0.2, 0.25) is 11.8 Å². The monoisotopic (exact) mass is 1880 g/mol. The maximum atomic E-state index is 13.7. The normalized spacial score (nSPS) is 13.3. The van der Waals surface area contributed by atoms with Crippen molar-refractivity contribution in [2.24, 2.45) is 0 Å². The maximum absolute atomic E-state index is 13.7. The van der Waals surface area contributed by atoms with Gasteiger partial charge in [-0.25, -0.2) is 59.8 Å². The first-order valence-corrected chi connectivity index (χ1v) is 44.1. The van der Waals surface area contributed by atoms with Crippen LogP contribution < -0.4 is 66.4 Å². The molecular weight excluding hydrogens is 1800 g/mol. The third-order valence-corrected chi connectivity index (χ3v) is 23.3. The molecule has 0 saturated heterocycles. The fourth-order valence-corrected chi connectivity index (χ4v) is 16.4. The molecule has 40 nitrogen and oxygen atoms in total. The van der Waals surface area contributed by atoms with Crippen molar-refractivity contribution in [3.05, 3.63) is 267 Å². The first kappa shape index (κ1) is 90.3. The van der Waals surface area contributed by atoms with Crippen molar-refractivity contribution in [3.8, 4) is 57.2 Å². The molecule has 134 heavy (non-hydrogen) atoms. The first-order valence-electron chi connectivity index (χ1n) is 42.6. The van der Waals surface area contributed by atoms with Gasteiger partial charge in [0, 0.05) is 25.9 Å². The highest BCUT2D eigenvalue weighted by Gasteiger charge is 2.36. The number of nitrogens with two attached hydrogens (primary N) is 4. The van der Waals surface area contributed by atoms with Gasteiger partial charge in [0.25, 0.3) is 45.8 Å². The number of aromatic nitrogens is 24. The van der Waals surface area contributed by atoms with Gasteiger partial charge in [0.05, 0.1) is 99.2 Å². The van der Waals surface area contributed by atoms with Crippen LogP contribution in [0.2, 0.25) is 20.1 Å². The molecule has 6 aromatic carbocycles. The van der Waals surface area contributed by atoms with Crippen molar-refractivity contribution in [2.45, 2.75) is 143 Å². The summed E-state index contributed by atoms with van der Waals surface area (Å²) >= 11 is 25.5. The molecule has 0 unspecified atom stereocenters. The molecule has 12 N–H and O–H groups in total. The van der Waals surface area contributed by atoms with E-state index in [0.29, 0.717) is 193 Å². The van der Waals surface area contributed by atoms with Crippen LogP contribution in [0, 0.1) is 27.7 Å². The molecule has 2 saturated carbocycles. The van der Waals surface area contributed by atoms with Gasteiger partial charge in [-0.15, -0.1) is 20.4 Å². The summed E-state index contributed by atoms with van der Waals surface area (Å²) in [6.45, 7) is 14.8. The van der Waals surface area contributed by atoms with E-state index < -0.39 is 12.1 Å². The maximum Gasteiger partial charge on any atom is 0.267 e. The zero-order valence-corrected chi connectivity index (χ0v) is 76.0. The standard InChI is InChI=1S/2C24H21ClN8O2.2C21H21ClN8O2/c1-3-16(29-21-19(20(26)27-12-28-21)23-32-31-13(2)35-23)22-30-17-11-7-10-15(25)18(17)24(34)33(22)14-8-5-4-6-9-14;1-3-16(30-21-19(20(26)27-12-28-21)23-29-13(2)32-35-23)22-31-17-11-7-10-15(25)18(17)24(34)33(22)14-8-5-4-6-9-14;1-3-13(26-18-16(17(23)24-9-25-18)20-29-28-10(2)32-20)19-27-14-6-4-5-12(22)15(14)21(31)30(19)11-7-8-11;1-3-13(27-18-16(17(23)24-9-25-18)20-26-10(2)29-32-20)19-28-14-6-4-5-12(22)15(14)21(31)30(19)11-7-8-11/h4-12,16H,3H2,1-2H3,(H3,26,27,28,29);4-12,16H,3H2,1-2H3,(H3,26,27,28,30);4-6,9,11,13H,3,7-8H2,1-2H3,(H3,23,24,25,26);4-6,9,11,13H,3,7-8H2,1-2H3,(H3,23,24,25,27)/t2*16-;2*13-/m0000/s1. The zero-order valence-electron chi connectivity index (χ0n) is 73.0. The van der Waals surface area contributed by atoms with Crippen LogP contribution in [0.25, 0.3) is 101 Å². The van der Waals surface area contributed by atoms with E-state index in [0.717, 1.165) is 25.7 Å². The van der Waals surface area contributed by atoms with Crippen LogP contribution in [-0.2, 0) is 0 Å². The molecule has 2 aliphatic carbocycles. The SMILES string of the molecule is CC[C@H](Nc1ncnc(N)c1-c1nc(C)no1)c1nc2cccc(Cl)c2c(=O)n1-c1ccccc1.CC[C@H](Nc1ncnc(N)c1-c1nc(C)no1)c1nc2cccc(Cl)c2c(=O)n1C1CC1.CC[C@H](Nc1ncnc(N)c1-c1nnc(C)o1)c1nc2cccc(Cl)c2c(=O)n1-c1ccccc1.CC[C@H](Nc1ncnc(N)c1-c1nnc(C)o1)c1nc2cccc(Cl)c2c(=O)n1C1CC1. The Hall–Kier alpha value is -15.7. The summed E-state index contributed by atoms with van der Waals surface area (Å²) in [5.74, 6) is 7.14. The van der Waals surface area contributed by atoms with Gasteiger partial charge in [0.1, 0.15) is 117 Å². The summed E-state index contributed by atoms with van der Waals surface area (Å²) < 4.78 is 28.4. The van der Waals surface area contributed by atoms with Crippen molar-refractivity contribution < 1.29 is 17.9 Å². The van der Waals surface area contributed by atoms with Crippen LogP contribution in [-0.4, -0.2) is 119 Å². The smallest absolute Gasteiger partial charge is 0.267 e. The highest BCUT2D eigenvalue weighted by molar-refractivity contribution is 6.36. The third-order valence-electron chi connectivity index (χ3n) is 22.0. The van der Waals surface area contributed by atoms with Crippen molar-refractivity contribution in [3.63, 3.8) is 0 Å². The summed E-state index contributed by atoms with van der Waals surface area (Å²) in [4.78, 5) is 116. The number of aryl methyl sites for hydroxylation is 4. The molecule has 18 aromatic rings. The fourth-order valence-electron chi connectivity index (χ4n) is 15.4. The number of halogens is 4. The van der Waals surface area contributed by atoms with Gasteiger partial charge in [-0.2, -0.15) is 9.97 Å². The van der Waals surface area contributed by atoms with E-state index in [4.69, 9.17) is 107 Å². The number of nitrogens with zero attached hydrogens (tertiary/aromatic N) is 24. The van der Waals surface area contributed by atoms with Gasteiger partial charge >= 0.3 is 0 Å². The summed E-state index contributed by atoms with van der Waals surface area (Å²) in [5.41, 5.74) is 28.8. The third kappa shape index (κ3) is 18.4. The molecule has 0 spiro atoms. The molecule has 12 aromatic heterocycles. The molecule has 680 valence electrons. The van der Waals surface area contributed by atoms with E-state index in [1.807, 2.05) is 88.4 Å². The Labute approximate surface area is 779 Å². The van der Waals surface area contributed by atoms with E-state index in [2.05, 4.69) is 102 Å².